The topological polar surface area (TPSA) is 44.1 Å². The Kier molecular flexibility index (Phi) is 1.92. The van der Waals surface area contributed by atoms with Crippen molar-refractivity contribution in [1.82, 2.24) is 10.3 Å². The van der Waals surface area contributed by atoms with Gasteiger partial charge in [0.1, 0.15) is 0 Å². The molecule has 3 heteroatoms. The van der Waals surface area contributed by atoms with Crippen LogP contribution in [-0.4, -0.2) is 10.9 Å². The summed E-state index contributed by atoms with van der Waals surface area (Å²) in [7, 11) is 0. The second kappa shape index (κ2) is 3.23. The highest BCUT2D eigenvalue weighted by Gasteiger charge is 2.09. The molecule has 0 N–H and O–H groups in total. The Morgan fingerprint density at radius 1 is 1.23 bits per heavy atom. The van der Waals surface area contributed by atoms with Crippen molar-refractivity contribution in [2.24, 2.45) is 0 Å². The Morgan fingerprint density at radius 2 is 2.15 bits per heavy atom. The average Bonchev–Trinajstić information content (AvgIpc) is 2.19. The van der Waals surface area contributed by atoms with Gasteiger partial charge >= 0.3 is 0 Å². The summed E-state index contributed by atoms with van der Waals surface area (Å²) in [6, 6.07) is 5.51. The molecule has 1 aromatic rings. The van der Waals surface area contributed by atoms with E-state index in [-0.39, 0.29) is 5.91 Å². The van der Waals surface area contributed by atoms with Gasteiger partial charge in [0.15, 0.2) is 0 Å². The largest absolute Gasteiger partial charge is 0.270 e. The third-order valence-electron chi connectivity index (χ3n) is 1.65. The lowest BCUT2D eigenvalue weighted by Crippen LogP contribution is -2.14. The van der Waals surface area contributed by atoms with Gasteiger partial charge in [-0.3, -0.25) is 9.78 Å². The van der Waals surface area contributed by atoms with E-state index in [1.165, 1.54) is 6.08 Å². The van der Waals surface area contributed by atoms with E-state index >= 15 is 0 Å². The molecule has 1 aromatic heterocycles. The zero-order chi connectivity index (χ0) is 9.10. The highest BCUT2D eigenvalue weighted by molar-refractivity contribution is 5.96. The zero-order valence-electron chi connectivity index (χ0n) is 6.84. The molecule has 0 fully saturated rings. The minimum absolute atomic E-state index is 0.233. The van der Waals surface area contributed by atoms with Crippen LogP contribution in [0, 0.1) is 0 Å². The summed E-state index contributed by atoms with van der Waals surface area (Å²) >= 11 is 0. The van der Waals surface area contributed by atoms with Gasteiger partial charge in [0.25, 0.3) is 5.91 Å². The summed E-state index contributed by atoms with van der Waals surface area (Å²) in [5.41, 5.74) is 1.34. The van der Waals surface area contributed by atoms with Crippen molar-refractivity contribution in [3.63, 3.8) is 0 Å². The molecule has 1 aliphatic rings. The first-order valence-corrected chi connectivity index (χ1v) is 3.92. The zero-order valence-corrected chi connectivity index (χ0v) is 6.84. The van der Waals surface area contributed by atoms with E-state index in [4.69, 9.17) is 0 Å². The van der Waals surface area contributed by atoms with E-state index in [0.29, 0.717) is 5.70 Å². The Hall–Kier alpha value is -1.90. The van der Waals surface area contributed by atoms with E-state index in [1.807, 2.05) is 18.2 Å². The number of hydrogen-bond acceptors (Lipinski definition) is 2. The Morgan fingerprint density at radius 3 is 2.85 bits per heavy atom. The summed E-state index contributed by atoms with van der Waals surface area (Å²) < 4.78 is 0. The van der Waals surface area contributed by atoms with E-state index in [2.05, 4.69) is 10.3 Å². The molecular weight excluding hydrogens is 164 g/mol. The van der Waals surface area contributed by atoms with Gasteiger partial charge in [0.2, 0.25) is 0 Å². The fourth-order valence-corrected chi connectivity index (χ4v) is 1.07. The molecule has 0 unspecified atom stereocenters. The molecule has 13 heavy (non-hydrogen) atoms. The molecule has 3 nitrogen and oxygen atoms in total. The minimum atomic E-state index is -0.233. The van der Waals surface area contributed by atoms with Crippen LogP contribution in [0.4, 0.5) is 0 Å². The number of carbonyl (C=O) groups excluding carboxylic acids is 1. The van der Waals surface area contributed by atoms with Crippen LogP contribution >= 0.6 is 0 Å². The maximum Gasteiger partial charge on any atom is 0.270 e. The second-order valence-corrected chi connectivity index (χ2v) is 2.58. The molecule has 0 saturated heterocycles. The quantitative estimate of drug-likeness (QED) is 0.635. The van der Waals surface area contributed by atoms with Crippen LogP contribution < -0.4 is 5.32 Å². The summed E-state index contributed by atoms with van der Waals surface area (Å²) in [4.78, 5) is 15.0. The third-order valence-corrected chi connectivity index (χ3v) is 1.65. The molecule has 63 valence electrons. The van der Waals surface area contributed by atoms with Gasteiger partial charge in [-0.25, -0.2) is 5.32 Å². The number of aromatic nitrogens is 1. The summed E-state index contributed by atoms with van der Waals surface area (Å²) in [5.74, 6) is -0.233. The number of pyridine rings is 1. The van der Waals surface area contributed by atoms with Crippen molar-refractivity contribution in [1.29, 1.82) is 0 Å². The molecule has 2 heterocycles. The van der Waals surface area contributed by atoms with Gasteiger partial charge in [0.05, 0.1) is 11.4 Å². The number of amides is 1. The van der Waals surface area contributed by atoms with Gasteiger partial charge in [-0.15, -0.1) is 0 Å². The predicted octanol–water partition coefficient (Wildman–Crippen LogP) is 1.12. The van der Waals surface area contributed by atoms with Crippen molar-refractivity contribution < 1.29 is 4.79 Å². The van der Waals surface area contributed by atoms with Crippen LogP contribution in [0.1, 0.15) is 5.69 Å². The average molecular weight is 171 g/mol. The molecule has 0 spiro atoms. The van der Waals surface area contributed by atoms with Crippen LogP contribution in [0.3, 0.4) is 0 Å². The van der Waals surface area contributed by atoms with Crippen LogP contribution in [0.2, 0.25) is 0 Å². The molecule has 0 bridgehead atoms. The monoisotopic (exact) mass is 171 g/mol. The fraction of sp³-hybridized carbons (Fsp3) is 0. The smallest absolute Gasteiger partial charge is 0.267 e. The fourth-order valence-electron chi connectivity index (χ4n) is 1.07. The maximum atomic E-state index is 10.9. The standard InChI is InChI=1S/C10H7N2O/c13-10-6-3-5-9(12-10)8-4-1-2-7-11-8/h1-7H. The molecule has 1 aliphatic heterocycles. The van der Waals surface area contributed by atoms with Crippen LogP contribution in [-0.2, 0) is 4.79 Å². The first-order chi connectivity index (χ1) is 6.36. The lowest BCUT2D eigenvalue weighted by Gasteiger charge is -2.05. The Bertz CT molecular complexity index is 379. The van der Waals surface area contributed by atoms with Gasteiger partial charge < -0.3 is 0 Å². The molecule has 0 aromatic carbocycles. The number of carbonyl (C=O) groups is 1. The van der Waals surface area contributed by atoms with Crippen LogP contribution in [0.15, 0.2) is 42.6 Å². The lowest BCUT2D eigenvalue weighted by molar-refractivity contribution is -0.115. The molecule has 0 atom stereocenters. The molecule has 1 amide bonds. The van der Waals surface area contributed by atoms with Crippen molar-refractivity contribution >= 4 is 11.6 Å². The highest BCUT2D eigenvalue weighted by atomic mass is 16.1. The maximum absolute atomic E-state index is 10.9. The first kappa shape index (κ1) is 7.73. The first-order valence-electron chi connectivity index (χ1n) is 3.92. The number of rotatable bonds is 1. The number of hydrogen-bond donors (Lipinski definition) is 0. The van der Waals surface area contributed by atoms with E-state index in [0.717, 1.165) is 5.69 Å². The van der Waals surface area contributed by atoms with E-state index in [1.54, 1.807) is 18.3 Å². The van der Waals surface area contributed by atoms with E-state index < -0.39 is 0 Å². The van der Waals surface area contributed by atoms with Gasteiger partial charge in [-0.05, 0) is 18.2 Å². The van der Waals surface area contributed by atoms with Gasteiger partial charge in [-0.2, -0.15) is 0 Å². The van der Waals surface area contributed by atoms with Crippen LogP contribution in [0.5, 0.6) is 0 Å². The number of nitrogens with zero attached hydrogens (tertiary/aromatic N) is 2. The lowest BCUT2D eigenvalue weighted by atomic mass is 10.2. The van der Waals surface area contributed by atoms with Crippen molar-refractivity contribution in [3.05, 3.63) is 48.3 Å². The third kappa shape index (κ3) is 1.64. The van der Waals surface area contributed by atoms with Crippen molar-refractivity contribution in [2.45, 2.75) is 0 Å². The van der Waals surface area contributed by atoms with E-state index in [9.17, 15) is 4.79 Å². The molecule has 0 aliphatic carbocycles. The number of allylic oxidation sites excluding steroid dienone is 2. The SMILES string of the molecule is O=C1C=CC=C(c2ccccn2)[N]1. The van der Waals surface area contributed by atoms with Gasteiger partial charge in [-0.1, -0.05) is 12.1 Å². The molecule has 0 saturated carbocycles. The molecular formula is C10H7N2O. The van der Waals surface area contributed by atoms with Crippen molar-refractivity contribution in [3.8, 4) is 0 Å². The molecule has 2 rings (SSSR count). The Labute approximate surface area is 75.8 Å². The minimum Gasteiger partial charge on any atom is -0.267 e. The predicted molar refractivity (Wildman–Crippen MR) is 48.5 cm³/mol. The normalized spacial score (nSPS) is 15.1. The van der Waals surface area contributed by atoms with Crippen molar-refractivity contribution in [2.75, 3.05) is 0 Å². The second-order valence-electron chi connectivity index (χ2n) is 2.58. The summed E-state index contributed by atoms with van der Waals surface area (Å²) in [5, 5.41) is 3.83. The molecule has 1 radical (unpaired) electrons. The summed E-state index contributed by atoms with van der Waals surface area (Å²) in [6.07, 6.45) is 6.55. The Balaban J connectivity index is 2.33. The highest BCUT2D eigenvalue weighted by Crippen LogP contribution is 2.11. The van der Waals surface area contributed by atoms with Gasteiger partial charge in [0, 0.05) is 12.3 Å². The van der Waals surface area contributed by atoms with Crippen LogP contribution in [0.25, 0.3) is 5.70 Å². The summed E-state index contributed by atoms with van der Waals surface area (Å²) in [6.45, 7) is 0.